The van der Waals surface area contributed by atoms with Crippen LogP contribution < -0.4 is 0 Å². The van der Waals surface area contributed by atoms with Crippen molar-refractivity contribution in [3.63, 3.8) is 0 Å². The van der Waals surface area contributed by atoms with Crippen LogP contribution in [-0.2, 0) is 6.42 Å². The van der Waals surface area contributed by atoms with Gasteiger partial charge in [0.2, 0.25) is 0 Å². The van der Waals surface area contributed by atoms with E-state index in [1.54, 1.807) is 0 Å². The molecular weight excluding hydrogens is 236 g/mol. The van der Waals surface area contributed by atoms with E-state index in [-0.39, 0.29) is 0 Å². The molecule has 2 aromatic rings. The van der Waals surface area contributed by atoms with Gasteiger partial charge in [0.25, 0.3) is 0 Å². The molecule has 0 aliphatic heterocycles. The minimum atomic E-state index is 0.742. The van der Waals surface area contributed by atoms with Gasteiger partial charge in [0, 0.05) is 16.3 Å². The van der Waals surface area contributed by atoms with Crippen molar-refractivity contribution >= 4 is 28.7 Å². The second kappa shape index (κ2) is 5.24. The van der Waals surface area contributed by atoms with Crippen LogP contribution in [0.5, 0.6) is 0 Å². The number of rotatable bonds is 3. The monoisotopic (exact) mass is 246 g/mol. The Labute approximate surface area is 106 Å². The van der Waals surface area contributed by atoms with Gasteiger partial charge in [-0.1, -0.05) is 66.3 Å². The summed E-state index contributed by atoms with van der Waals surface area (Å²) in [5.41, 5.74) is 2.31. The fraction of sp³-hybridized carbons (Fsp3) is 0.0714. The maximum atomic E-state index is 5.83. The molecule has 0 saturated heterocycles. The first-order valence-corrected chi connectivity index (χ1v) is 5.87. The zero-order valence-electron chi connectivity index (χ0n) is 8.69. The van der Waals surface area contributed by atoms with Crippen LogP contribution in [0.15, 0.2) is 54.6 Å². The van der Waals surface area contributed by atoms with E-state index in [1.807, 2.05) is 42.5 Å². The van der Waals surface area contributed by atoms with Gasteiger partial charge in [-0.25, -0.2) is 0 Å². The highest BCUT2D eigenvalue weighted by Gasteiger charge is 2.02. The summed E-state index contributed by atoms with van der Waals surface area (Å²) in [5.74, 6) is 0. The van der Waals surface area contributed by atoms with Gasteiger partial charge in [-0.05, 0) is 23.3 Å². The average molecular weight is 247 g/mol. The molecule has 0 fully saturated rings. The lowest BCUT2D eigenvalue weighted by Crippen LogP contribution is -2.01. The number of hydrogen-bond donors (Lipinski definition) is 0. The fourth-order valence-electron chi connectivity index (χ4n) is 1.52. The molecule has 0 aliphatic rings. The van der Waals surface area contributed by atoms with E-state index >= 15 is 0 Å². The van der Waals surface area contributed by atoms with E-state index in [2.05, 4.69) is 12.1 Å². The SMILES string of the molecule is S=C(Cc1ccccc1)c1ccc(Cl)cc1. The summed E-state index contributed by atoms with van der Waals surface area (Å²) in [7, 11) is 0. The lowest BCUT2D eigenvalue weighted by atomic mass is 10.0. The molecule has 80 valence electrons. The zero-order chi connectivity index (χ0) is 11.4. The third-order valence-electron chi connectivity index (χ3n) is 2.37. The van der Waals surface area contributed by atoms with E-state index in [9.17, 15) is 0 Å². The molecule has 0 radical (unpaired) electrons. The van der Waals surface area contributed by atoms with Crippen LogP contribution in [0.4, 0.5) is 0 Å². The summed E-state index contributed by atoms with van der Waals surface area (Å²) in [6.07, 6.45) is 0.803. The van der Waals surface area contributed by atoms with Crippen molar-refractivity contribution in [3.05, 3.63) is 70.7 Å². The number of halogens is 1. The molecule has 0 spiro atoms. The topological polar surface area (TPSA) is 0 Å². The maximum absolute atomic E-state index is 5.83. The second-order valence-electron chi connectivity index (χ2n) is 3.59. The summed E-state index contributed by atoms with van der Waals surface area (Å²) >= 11 is 11.2. The Morgan fingerprint density at radius 2 is 1.56 bits per heavy atom. The van der Waals surface area contributed by atoms with E-state index in [0.29, 0.717) is 0 Å². The summed E-state index contributed by atoms with van der Waals surface area (Å²) in [6, 6.07) is 17.9. The predicted octanol–water partition coefficient (Wildman–Crippen LogP) is 4.30. The molecule has 0 saturated carbocycles. The molecule has 0 nitrogen and oxygen atoms in total. The fourth-order valence-corrected chi connectivity index (χ4v) is 1.95. The van der Waals surface area contributed by atoms with Crippen molar-refractivity contribution in [2.45, 2.75) is 6.42 Å². The first-order chi connectivity index (χ1) is 7.75. The highest BCUT2D eigenvalue weighted by Crippen LogP contribution is 2.13. The zero-order valence-corrected chi connectivity index (χ0v) is 10.3. The molecule has 0 aliphatic carbocycles. The summed E-state index contributed by atoms with van der Waals surface area (Å²) in [4.78, 5) is 0.947. The molecule has 0 N–H and O–H groups in total. The van der Waals surface area contributed by atoms with E-state index in [0.717, 1.165) is 21.9 Å². The predicted molar refractivity (Wildman–Crippen MR) is 73.3 cm³/mol. The Bertz CT molecular complexity index is 474. The van der Waals surface area contributed by atoms with Gasteiger partial charge in [0.15, 0.2) is 0 Å². The maximum Gasteiger partial charge on any atom is 0.0406 e. The highest BCUT2D eigenvalue weighted by atomic mass is 35.5. The van der Waals surface area contributed by atoms with Crippen molar-refractivity contribution in [2.75, 3.05) is 0 Å². The molecule has 16 heavy (non-hydrogen) atoms. The number of thiocarbonyl (C=S) groups is 1. The largest absolute Gasteiger partial charge is 0.0843 e. The van der Waals surface area contributed by atoms with Crippen LogP contribution in [0.1, 0.15) is 11.1 Å². The van der Waals surface area contributed by atoms with Crippen LogP contribution in [0.2, 0.25) is 5.02 Å². The Morgan fingerprint density at radius 1 is 0.938 bits per heavy atom. The van der Waals surface area contributed by atoms with E-state index in [4.69, 9.17) is 23.8 Å². The second-order valence-corrected chi connectivity index (χ2v) is 4.52. The normalized spacial score (nSPS) is 10.1. The van der Waals surface area contributed by atoms with Gasteiger partial charge in [-0.3, -0.25) is 0 Å². The van der Waals surface area contributed by atoms with Crippen LogP contribution in [0, 0.1) is 0 Å². The molecule has 0 atom stereocenters. The van der Waals surface area contributed by atoms with Crippen LogP contribution >= 0.6 is 23.8 Å². The molecule has 2 heteroatoms. The summed E-state index contributed by atoms with van der Waals surface area (Å²) in [5, 5.41) is 0.742. The number of hydrogen-bond acceptors (Lipinski definition) is 1. The van der Waals surface area contributed by atoms with Gasteiger partial charge in [-0.15, -0.1) is 0 Å². The third-order valence-corrected chi connectivity index (χ3v) is 3.01. The van der Waals surface area contributed by atoms with Crippen LogP contribution in [0.3, 0.4) is 0 Å². The van der Waals surface area contributed by atoms with Crippen molar-refractivity contribution in [2.24, 2.45) is 0 Å². The molecule has 0 bridgehead atoms. The van der Waals surface area contributed by atoms with Gasteiger partial charge in [0.05, 0.1) is 0 Å². The molecule has 2 rings (SSSR count). The van der Waals surface area contributed by atoms with E-state index < -0.39 is 0 Å². The molecule has 0 amide bonds. The minimum absolute atomic E-state index is 0.742. The van der Waals surface area contributed by atoms with Gasteiger partial charge < -0.3 is 0 Å². The lowest BCUT2D eigenvalue weighted by molar-refractivity contribution is 1.35. The Balaban J connectivity index is 2.12. The molecular formula is C14H11ClS. The average Bonchev–Trinajstić information content (AvgIpc) is 2.31. The number of benzene rings is 2. The van der Waals surface area contributed by atoms with Crippen molar-refractivity contribution in [1.82, 2.24) is 0 Å². The Kier molecular flexibility index (Phi) is 3.70. The van der Waals surface area contributed by atoms with Crippen molar-refractivity contribution in [3.8, 4) is 0 Å². The summed E-state index contributed by atoms with van der Waals surface area (Å²) < 4.78 is 0. The van der Waals surface area contributed by atoms with Crippen molar-refractivity contribution < 1.29 is 0 Å². The van der Waals surface area contributed by atoms with E-state index in [1.165, 1.54) is 5.56 Å². The summed E-state index contributed by atoms with van der Waals surface area (Å²) in [6.45, 7) is 0. The Morgan fingerprint density at radius 3 is 2.19 bits per heavy atom. The molecule has 0 aromatic heterocycles. The quantitative estimate of drug-likeness (QED) is 0.575. The first-order valence-electron chi connectivity index (χ1n) is 5.08. The standard InChI is InChI=1S/C14H11ClS/c15-13-8-6-12(7-9-13)14(16)10-11-4-2-1-3-5-11/h1-9H,10H2. The molecule has 2 aromatic carbocycles. The Hall–Kier alpha value is -1.18. The first kappa shape index (κ1) is 11.3. The van der Waals surface area contributed by atoms with Crippen molar-refractivity contribution in [1.29, 1.82) is 0 Å². The van der Waals surface area contributed by atoms with Crippen LogP contribution in [0.25, 0.3) is 0 Å². The van der Waals surface area contributed by atoms with Gasteiger partial charge >= 0.3 is 0 Å². The lowest BCUT2D eigenvalue weighted by Gasteiger charge is -2.04. The highest BCUT2D eigenvalue weighted by molar-refractivity contribution is 7.80. The molecule has 0 unspecified atom stereocenters. The van der Waals surface area contributed by atoms with Gasteiger partial charge in [-0.2, -0.15) is 0 Å². The van der Waals surface area contributed by atoms with Crippen LogP contribution in [-0.4, -0.2) is 4.86 Å². The third kappa shape index (κ3) is 2.91. The smallest absolute Gasteiger partial charge is 0.0406 e. The van der Waals surface area contributed by atoms with Gasteiger partial charge in [0.1, 0.15) is 0 Å². The molecule has 0 heterocycles. The minimum Gasteiger partial charge on any atom is -0.0843 e.